The Bertz CT molecular complexity index is 607. The predicted octanol–water partition coefficient (Wildman–Crippen LogP) is 3.29. The lowest BCUT2D eigenvalue weighted by Gasteiger charge is -2.16. The maximum absolute atomic E-state index is 13.6. The summed E-state index contributed by atoms with van der Waals surface area (Å²) in [5.41, 5.74) is 1.42. The van der Waals surface area contributed by atoms with E-state index in [0.29, 0.717) is 19.0 Å². The fourth-order valence-electron chi connectivity index (χ4n) is 1.94. The Labute approximate surface area is 156 Å². The number of aliphatic hydroxyl groups excluding tert-OH is 1. The second-order valence-corrected chi connectivity index (χ2v) is 5.53. The van der Waals surface area contributed by atoms with Gasteiger partial charge < -0.3 is 15.7 Å². The van der Waals surface area contributed by atoms with Gasteiger partial charge in [0.05, 0.1) is 12.6 Å². The van der Waals surface area contributed by atoms with Gasteiger partial charge in [-0.15, -0.1) is 24.0 Å². The molecule has 1 aromatic carbocycles. The van der Waals surface area contributed by atoms with Crippen molar-refractivity contribution < 1.29 is 9.50 Å². The third-order valence-corrected chi connectivity index (χ3v) is 3.80. The molecule has 0 bridgehead atoms. The molecule has 0 fully saturated rings. The lowest BCUT2D eigenvalue weighted by atomic mass is 10.1. The van der Waals surface area contributed by atoms with E-state index in [0.717, 1.165) is 5.56 Å². The molecule has 23 heavy (non-hydrogen) atoms. The predicted molar refractivity (Wildman–Crippen MR) is 104 cm³/mol. The smallest absolute Gasteiger partial charge is 0.191 e. The molecule has 0 radical (unpaired) electrons. The van der Waals surface area contributed by atoms with Crippen molar-refractivity contribution in [2.45, 2.75) is 19.6 Å². The SMILES string of the molecule is CCNC(=NCc1ccsc1)NCC(O)c1ccccc1F.I. The zero-order valence-corrected chi connectivity index (χ0v) is 16.0. The molecule has 2 aromatic rings. The molecule has 1 heterocycles. The van der Waals surface area contributed by atoms with E-state index in [1.54, 1.807) is 29.5 Å². The fourth-order valence-corrected chi connectivity index (χ4v) is 2.60. The van der Waals surface area contributed by atoms with Crippen LogP contribution < -0.4 is 10.6 Å². The molecule has 0 aliphatic heterocycles. The van der Waals surface area contributed by atoms with Crippen molar-refractivity contribution in [1.82, 2.24) is 10.6 Å². The summed E-state index contributed by atoms with van der Waals surface area (Å²) in [6, 6.07) is 8.25. The molecule has 3 N–H and O–H groups in total. The van der Waals surface area contributed by atoms with Crippen molar-refractivity contribution in [2.75, 3.05) is 13.1 Å². The van der Waals surface area contributed by atoms with Crippen molar-refractivity contribution in [3.63, 3.8) is 0 Å². The zero-order chi connectivity index (χ0) is 15.8. The quantitative estimate of drug-likeness (QED) is 0.361. The van der Waals surface area contributed by atoms with E-state index < -0.39 is 11.9 Å². The van der Waals surface area contributed by atoms with Crippen LogP contribution in [0.1, 0.15) is 24.2 Å². The number of nitrogens with zero attached hydrogens (tertiary/aromatic N) is 1. The molecular weight excluding hydrogens is 428 g/mol. The number of benzene rings is 1. The Morgan fingerprint density at radius 1 is 1.30 bits per heavy atom. The summed E-state index contributed by atoms with van der Waals surface area (Å²) in [6.45, 7) is 3.44. The average Bonchev–Trinajstić information content (AvgIpc) is 3.03. The number of guanidine groups is 1. The van der Waals surface area contributed by atoms with Gasteiger partial charge in [0.1, 0.15) is 5.82 Å². The number of rotatable bonds is 6. The van der Waals surface area contributed by atoms with Gasteiger partial charge in [0.2, 0.25) is 0 Å². The minimum atomic E-state index is -0.925. The van der Waals surface area contributed by atoms with Crippen LogP contribution in [-0.4, -0.2) is 24.2 Å². The topological polar surface area (TPSA) is 56.7 Å². The highest BCUT2D eigenvalue weighted by molar-refractivity contribution is 14.0. The zero-order valence-electron chi connectivity index (χ0n) is 12.8. The molecule has 4 nitrogen and oxygen atoms in total. The molecule has 126 valence electrons. The lowest BCUT2D eigenvalue weighted by Crippen LogP contribution is -2.39. The lowest BCUT2D eigenvalue weighted by molar-refractivity contribution is 0.176. The number of hydrogen-bond donors (Lipinski definition) is 3. The summed E-state index contributed by atoms with van der Waals surface area (Å²) in [4.78, 5) is 4.44. The third-order valence-electron chi connectivity index (χ3n) is 3.07. The van der Waals surface area contributed by atoms with Crippen molar-refractivity contribution in [1.29, 1.82) is 0 Å². The van der Waals surface area contributed by atoms with E-state index in [9.17, 15) is 9.50 Å². The third kappa shape index (κ3) is 6.44. The second-order valence-electron chi connectivity index (χ2n) is 4.74. The summed E-state index contributed by atoms with van der Waals surface area (Å²) in [5.74, 6) is 0.195. The van der Waals surface area contributed by atoms with Crippen LogP contribution >= 0.6 is 35.3 Å². The fraction of sp³-hybridized carbons (Fsp3) is 0.312. The van der Waals surface area contributed by atoms with Gasteiger partial charge in [-0.2, -0.15) is 11.3 Å². The van der Waals surface area contributed by atoms with Gasteiger partial charge in [0.15, 0.2) is 5.96 Å². The molecule has 0 amide bonds. The first-order valence-corrected chi connectivity index (χ1v) is 8.10. The highest BCUT2D eigenvalue weighted by Gasteiger charge is 2.12. The first-order chi connectivity index (χ1) is 10.7. The molecular formula is C16H21FIN3OS. The van der Waals surface area contributed by atoms with Crippen LogP contribution in [0.5, 0.6) is 0 Å². The highest BCUT2D eigenvalue weighted by Crippen LogP contribution is 2.15. The van der Waals surface area contributed by atoms with Crippen LogP contribution in [0.15, 0.2) is 46.1 Å². The molecule has 1 unspecified atom stereocenters. The number of thiophene rings is 1. The van der Waals surface area contributed by atoms with Gasteiger partial charge in [-0.3, -0.25) is 0 Å². The summed E-state index contributed by atoms with van der Waals surface area (Å²) < 4.78 is 13.6. The summed E-state index contributed by atoms with van der Waals surface area (Å²) in [5, 5.41) is 20.3. The van der Waals surface area contributed by atoms with Crippen LogP contribution in [-0.2, 0) is 6.54 Å². The molecule has 0 aliphatic rings. The number of hydrogen-bond acceptors (Lipinski definition) is 3. The number of nitrogens with one attached hydrogen (secondary N) is 2. The Morgan fingerprint density at radius 2 is 2.09 bits per heavy atom. The molecule has 7 heteroatoms. The number of halogens is 2. The van der Waals surface area contributed by atoms with Crippen LogP contribution in [0, 0.1) is 5.82 Å². The number of aliphatic hydroxyl groups is 1. The van der Waals surface area contributed by atoms with Crippen LogP contribution in [0.3, 0.4) is 0 Å². The van der Waals surface area contributed by atoms with Crippen LogP contribution in [0.4, 0.5) is 4.39 Å². The maximum atomic E-state index is 13.6. The Morgan fingerprint density at radius 3 is 2.74 bits per heavy atom. The van der Waals surface area contributed by atoms with E-state index in [2.05, 4.69) is 15.6 Å². The standard InChI is InChI=1S/C16H20FN3OS.HI/c1-2-18-16(19-9-12-7-8-22-11-12)20-10-15(21)13-5-3-4-6-14(13)17;/h3-8,11,15,21H,2,9-10H2,1H3,(H2,18,19,20);1H. The van der Waals surface area contributed by atoms with E-state index in [-0.39, 0.29) is 36.1 Å². The highest BCUT2D eigenvalue weighted by atomic mass is 127. The van der Waals surface area contributed by atoms with Gasteiger partial charge in [0, 0.05) is 18.7 Å². The minimum Gasteiger partial charge on any atom is -0.386 e. The van der Waals surface area contributed by atoms with E-state index in [1.165, 1.54) is 6.07 Å². The first-order valence-electron chi connectivity index (χ1n) is 7.16. The summed E-state index contributed by atoms with van der Waals surface area (Å²) in [6.07, 6.45) is -0.925. The van der Waals surface area contributed by atoms with Gasteiger partial charge in [0.25, 0.3) is 0 Å². The maximum Gasteiger partial charge on any atom is 0.191 e. The molecule has 0 saturated heterocycles. The average molecular weight is 449 g/mol. The second kappa shape index (κ2) is 10.6. The van der Waals surface area contributed by atoms with E-state index in [4.69, 9.17) is 0 Å². The molecule has 1 atom stereocenters. The first kappa shape index (κ1) is 19.9. The Kier molecular flexibility index (Phi) is 9.12. The Hall–Kier alpha value is -1.19. The van der Waals surface area contributed by atoms with Gasteiger partial charge in [-0.25, -0.2) is 9.38 Å². The largest absolute Gasteiger partial charge is 0.386 e. The summed E-state index contributed by atoms with van der Waals surface area (Å²) >= 11 is 1.63. The van der Waals surface area contributed by atoms with Crippen LogP contribution in [0.2, 0.25) is 0 Å². The minimum absolute atomic E-state index is 0. The van der Waals surface area contributed by atoms with Gasteiger partial charge in [-0.05, 0) is 35.4 Å². The normalized spacial score (nSPS) is 12.4. The Balaban J connectivity index is 0.00000264. The van der Waals surface area contributed by atoms with Gasteiger partial charge >= 0.3 is 0 Å². The van der Waals surface area contributed by atoms with E-state index in [1.807, 2.05) is 23.8 Å². The molecule has 0 aliphatic carbocycles. The molecule has 2 rings (SSSR count). The van der Waals surface area contributed by atoms with Crippen molar-refractivity contribution in [3.05, 3.63) is 58.0 Å². The molecule has 0 spiro atoms. The molecule has 0 saturated carbocycles. The van der Waals surface area contributed by atoms with Crippen LogP contribution in [0.25, 0.3) is 0 Å². The monoisotopic (exact) mass is 449 g/mol. The van der Waals surface area contributed by atoms with Gasteiger partial charge in [-0.1, -0.05) is 18.2 Å². The van der Waals surface area contributed by atoms with Crippen molar-refractivity contribution >= 4 is 41.3 Å². The van der Waals surface area contributed by atoms with Crippen molar-refractivity contribution in [2.24, 2.45) is 4.99 Å². The van der Waals surface area contributed by atoms with Crippen molar-refractivity contribution in [3.8, 4) is 0 Å². The number of aliphatic imine (C=N–C) groups is 1. The van der Waals surface area contributed by atoms with E-state index >= 15 is 0 Å². The summed E-state index contributed by atoms with van der Waals surface area (Å²) in [7, 11) is 0. The molecule has 1 aromatic heterocycles.